The molecule has 1 aromatic carbocycles. The van der Waals surface area contributed by atoms with Crippen molar-refractivity contribution >= 4 is 17.9 Å². The predicted octanol–water partition coefficient (Wildman–Crippen LogP) is 1.92. The fourth-order valence-corrected chi connectivity index (χ4v) is 2.78. The number of benzene rings is 1. The maximum absolute atomic E-state index is 12.8. The first-order chi connectivity index (χ1) is 13.2. The molecule has 0 aromatic heterocycles. The van der Waals surface area contributed by atoms with Crippen LogP contribution < -0.4 is 16.0 Å². The van der Waals surface area contributed by atoms with Crippen LogP contribution in [0.4, 0.5) is 18.0 Å². The number of hydrogen-bond acceptors (Lipinski definition) is 3. The number of guanidine groups is 1. The molecule has 1 aliphatic rings. The van der Waals surface area contributed by atoms with Crippen LogP contribution in [0.5, 0.6) is 0 Å². The van der Waals surface area contributed by atoms with E-state index in [1.807, 2.05) is 6.92 Å². The highest BCUT2D eigenvalue weighted by molar-refractivity contribution is 6.01. The van der Waals surface area contributed by atoms with E-state index in [9.17, 15) is 22.8 Å². The molecule has 1 fully saturated rings. The average Bonchev–Trinajstić information content (AvgIpc) is 2.98. The zero-order chi connectivity index (χ0) is 20.7. The lowest BCUT2D eigenvalue weighted by molar-refractivity contribution is -0.137. The van der Waals surface area contributed by atoms with Crippen molar-refractivity contribution in [2.75, 3.05) is 33.2 Å². The number of aliphatic imine (C=N–C) groups is 1. The summed E-state index contributed by atoms with van der Waals surface area (Å²) in [5.41, 5.74) is -0.0269. The quantitative estimate of drug-likeness (QED) is 0.372. The third kappa shape index (κ3) is 5.86. The third-order valence-corrected chi connectivity index (χ3v) is 4.44. The Kier molecular flexibility index (Phi) is 7.24. The van der Waals surface area contributed by atoms with Crippen LogP contribution in [0, 0.1) is 0 Å². The topological polar surface area (TPSA) is 85.8 Å². The number of carbonyl (C=O) groups is 2. The molecule has 3 amide bonds. The number of halogens is 3. The van der Waals surface area contributed by atoms with Crippen LogP contribution in [-0.2, 0) is 11.0 Å². The molecule has 1 atom stereocenters. The predicted molar refractivity (Wildman–Crippen MR) is 99.0 cm³/mol. The lowest BCUT2D eigenvalue weighted by Gasteiger charge is -2.17. The van der Waals surface area contributed by atoms with Gasteiger partial charge in [0.25, 0.3) is 0 Å². The van der Waals surface area contributed by atoms with Crippen molar-refractivity contribution in [3.8, 4) is 0 Å². The van der Waals surface area contributed by atoms with Gasteiger partial charge in [0, 0.05) is 26.7 Å². The standard InChI is InChI=1S/C18H24F3N5O2/c1-12(13-4-3-5-14(10-13)18(19,20)21)6-7-23-16(22-2)24-8-9-26-15(27)11-25-17(26)28/h3-5,10,12H,6-9,11H2,1-2H3,(H,25,28)(H2,22,23,24). The minimum atomic E-state index is -4.35. The van der Waals surface area contributed by atoms with Crippen molar-refractivity contribution in [2.24, 2.45) is 4.99 Å². The molecule has 3 N–H and O–H groups in total. The van der Waals surface area contributed by atoms with E-state index < -0.39 is 17.8 Å². The summed E-state index contributed by atoms with van der Waals surface area (Å²) in [6.45, 7) is 2.93. The van der Waals surface area contributed by atoms with Crippen LogP contribution >= 0.6 is 0 Å². The Bertz CT molecular complexity index is 720. The summed E-state index contributed by atoms with van der Waals surface area (Å²) < 4.78 is 38.5. The SMILES string of the molecule is CN=C(NCCC(C)c1cccc(C(F)(F)F)c1)NCCN1C(=O)CNC1=O. The number of urea groups is 1. The zero-order valence-electron chi connectivity index (χ0n) is 15.8. The largest absolute Gasteiger partial charge is 0.416 e. The molecule has 1 aromatic rings. The number of imide groups is 1. The Balaban J connectivity index is 1.76. The molecular formula is C18H24F3N5O2. The van der Waals surface area contributed by atoms with E-state index in [0.29, 0.717) is 31.0 Å². The van der Waals surface area contributed by atoms with E-state index in [4.69, 9.17) is 0 Å². The molecule has 28 heavy (non-hydrogen) atoms. The van der Waals surface area contributed by atoms with Crippen LogP contribution in [0.25, 0.3) is 0 Å². The van der Waals surface area contributed by atoms with E-state index in [-0.39, 0.29) is 24.9 Å². The molecule has 10 heteroatoms. The first-order valence-electron chi connectivity index (χ1n) is 8.92. The van der Waals surface area contributed by atoms with Crippen molar-refractivity contribution in [1.82, 2.24) is 20.9 Å². The number of nitrogens with one attached hydrogen (secondary N) is 3. The fourth-order valence-electron chi connectivity index (χ4n) is 2.78. The minimum absolute atomic E-state index is 0.0131. The number of rotatable bonds is 7. The second-order valence-electron chi connectivity index (χ2n) is 6.44. The van der Waals surface area contributed by atoms with Gasteiger partial charge in [-0.1, -0.05) is 25.1 Å². The highest BCUT2D eigenvalue weighted by Gasteiger charge is 2.30. The molecule has 0 radical (unpaired) electrons. The van der Waals surface area contributed by atoms with Crippen LogP contribution in [0.2, 0.25) is 0 Å². The summed E-state index contributed by atoms with van der Waals surface area (Å²) in [5.74, 6) is 0.145. The normalized spacial score (nSPS) is 16.2. The summed E-state index contributed by atoms with van der Waals surface area (Å²) in [7, 11) is 1.58. The van der Waals surface area contributed by atoms with E-state index in [1.165, 1.54) is 12.1 Å². The summed E-state index contributed by atoms with van der Waals surface area (Å²) in [5, 5.41) is 8.51. The molecule has 1 heterocycles. The van der Waals surface area contributed by atoms with Gasteiger partial charge >= 0.3 is 12.2 Å². The molecule has 0 aliphatic carbocycles. The Morgan fingerprint density at radius 2 is 2.00 bits per heavy atom. The monoisotopic (exact) mass is 399 g/mol. The molecule has 0 bridgehead atoms. The average molecular weight is 399 g/mol. The summed E-state index contributed by atoms with van der Waals surface area (Å²) in [6.07, 6.45) is -3.75. The van der Waals surface area contributed by atoms with Crippen molar-refractivity contribution < 1.29 is 22.8 Å². The molecule has 2 rings (SSSR count). The maximum Gasteiger partial charge on any atom is 0.416 e. The van der Waals surface area contributed by atoms with Crippen molar-refractivity contribution in [1.29, 1.82) is 0 Å². The van der Waals surface area contributed by atoms with E-state index >= 15 is 0 Å². The van der Waals surface area contributed by atoms with E-state index in [0.717, 1.165) is 11.0 Å². The molecule has 1 saturated heterocycles. The zero-order valence-corrected chi connectivity index (χ0v) is 15.8. The van der Waals surface area contributed by atoms with Gasteiger partial charge in [-0.2, -0.15) is 13.2 Å². The van der Waals surface area contributed by atoms with E-state index in [1.54, 1.807) is 13.1 Å². The van der Waals surface area contributed by atoms with Crippen LogP contribution in [0.1, 0.15) is 30.4 Å². The molecule has 1 unspecified atom stereocenters. The first-order valence-corrected chi connectivity index (χ1v) is 8.92. The number of carbonyl (C=O) groups excluding carboxylic acids is 2. The molecule has 154 valence electrons. The Morgan fingerprint density at radius 3 is 2.61 bits per heavy atom. The molecule has 0 saturated carbocycles. The van der Waals surface area contributed by atoms with Crippen molar-refractivity contribution in [3.05, 3.63) is 35.4 Å². The smallest absolute Gasteiger partial charge is 0.356 e. The summed E-state index contributed by atoms with van der Waals surface area (Å²) in [6, 6.07) is 4.93. The Labute approximate surface area is 161 Å². The second-order valence-corrected chi connectivity index (χ2v) is 6.44. The summed E-state index contributed by atoms with van der Waals surface area (Å²) >= 11 is 0. The number of amides is 3. The van der Waals surface area contributed by atoms with Gasteiger partial charge in [0.1, 0.15) is 0 Å². The molecule has 0 spiro atoms. The molecule has 1 aliphatic heterocycles. The number of alkyl halides is 3. The molecular weight excluding hydrogens is 375 g/mol. The minimum Gasteiger partial charge on any atom is -0.356 e. The lowest BCUT2D eigenvalue weighted by atomic mass is 9.96. The van der Waals surface area contributed by atoms with Gasteiger partial charge < -0.3 is 16.0 Å². The van der Waals surface area contributed by atoms with Gasteiger partial charge in [-0.15, -0.1) is 0 Å². The number of nitrogens with zero attached hydrogens (tertiary/aromatic N) is 2. The van der Waals surface area contributed by atoms with Crippen LogP contribution in [0.3, 0.4) is 0 Å². The first kappa shape index (κ1) is 21.5. The van der Waals surface area contributed by atoms with Gasteiger partial charge in [0.15, 0.2) is 5.96 Å². The van der Waals surface area contributed by atoms with Gasteiger partial charge in [-0.25, -0.2) is 4.79 Å². The Hall–Kier alpha value is -2.78. The lowest BCUT2D eigenvalue weighted by Crippen LogP contribution is -2.43. The summed E-state index contributed by atoms with van der Waals surface area (Å²) in [4.78, 5) is 28.1. The van der Waals surface area contributed by atoms with Crippen LogP contribution in [0.15, 0.2) is 29.3 Å². The van der Waals surface area contributed by atoms with Crippen molar-refractivity contribution in [2.45, 2.75) is 25.4 Å². The van der Waals surface area contributed by atoms with Crippen LogP contribution in [-0.4, -0.2) is 56.0 Å². The third-order valence-electron chi connectivity index (χ3n) is 4.44. The van der Waals surface area contributed by atoms with Gasteiger partial charge in [0.05, 0.1) is 12.1 Å². The molecule has 7 nitrogen and oxygen atoms in total. The van der Waals surface area contributed by atoms with Gasteiger partial charge in [0.2, 0.25) is 5.91 Å². The maximum atomic E-state index is 12.8. The van der Waals surface area contributed by atoms with E-state index in [2.05, 4.69) is 20.9 Å². The van der Waals surface area contributed by atoms with Crippen molar-refractivity contribution in [3.63, 3.8) is 0 Å². The van der Waals surface area contributed by atoms with Gasteiger partial charge in [-0.3, -0.25) is 14.7 Å². The fraction of sp³-hybridized carbons (Fsp3) is 0.500. The highest BCUT2D eigenvalue weighted by Crippen LogP contribution is 2.31. The van der Waals surface area contributed by atoms with Gasteiger partial charge in [-0.05, 0) is 24.0 Å². The number of hydrogen-bond donors (Lipinski definition) is 3. The highest BCUT2D eigenvalue weighted by atomic mass is 19.4. The second kappa shape index (κ2) is 9.43. The Morgan fingerprint density at radius 1 is 1.29 bits per heavy atom.